The molecule has 0 heterocycles. The lowest BCUT2D eigenvalue weighted by Gasteiger charge is -2.19. The van der Waals surface area contributed by atoms with Crippen molar-refractivity contribution >= 4 is 23.6 Å². The molecular weight excluding hydrogens is 332 g/mol. The Hall–Kier alpha value is -1.95. The van der Waals surface area contributed by atoms with Gasteiger partial charge in [-0.1, -0.05) is 11.6 Å². The molecule has 1 rings (SSSR count). The summed E-state index contributed by atoms with van der Waals surface area (Å²) in [5.74, 6) is 0.621. The van der Waals surface area contributed by atoms with Crippen LogP contribution in [0.2, 0.25) is 5.02 Å². The van der Waals surface area contributed by atoms with Crippen molar-refractivity contribution in [1.82, 2.24) is 10.6 Å². The lowest BCUT2D eigenvalue weighted by Crippen LogP contribution is -2.33. The van der Waals surface area contributed by atoms with Crippen LogP contribution in [0, 0.1) is 0 Å². The van der Waals surface area contributed by atoms with Gasteiger partial charge in [-0.05, 0) is 51.5 Å². The van der Waals surface area contributed by atoms with Gasteiger partial charge in [0.15, 0.2) is 0 Å². The van der Waals surface area contributed by atoms with E-state index in [2.05, 4.69) is 10.6 Å². The van der Waals surface area contributed by atoms with Crippen LogP contribution < -0.4 is 15.4 Å². The monoisotopic (exact) mass is 356 g/mol. The van der Waals surface area contributed by atoms with E-state index in [0.29, 0.717) is 43.3 Å². The van der Waals surface area contributed by atoms with Crippen molar-refractivity contribution in [3.8, 4) is 5.75 Å². The second-order valence-corrected chi connectivity index (χ2v) is 6.62. The molecule has 0 aliphatic heterocycles. The van der Waals surface area contributed by atoms with Gasteiger partial charge in [-0.25, -0.2) is 4.79 Å². The zero-order valence-electron chi connectivity index (χ0n) is 14.4. The van der Waals surface area contributed by atoms with E-state index < -0.39 is 11.7 Å². The zero-order chi connectivity index (χ0) is 18.0. The largest absolute Gasteiger partial charge is 0.492 e. The minimum absolute atomic E-state index is 0.0827. The maximum absolute atomic E-state index is 11.6. The molecule has 134 valence electrons. The topological polar surface area (TPSA) is 76.7 Å². The molecule has 24 heavy (non-hydrogen) atoms. The lowest BCUT2D eigenvalue weighted by atomic mass is 10.2. The molecule has 1 aromatic rings. The average molecular weight is 357 g/mol. The van der Waals surface area contributed by atoms with E-state index in [0.717, 1.165) is 0 Å². The summed E-state index contributed by atoms with van der Waals surface area (Å²) < 4.78 is 10.6. The number of carbonyl (C=O) groups is 2. The Bertz CT molecular complexity index is 526. The normalized spacial score (nSPS) is 10.8. The molecule has 0 saturated heterocycles. The summed E-state index contributed by atoms with van der Waals surface area (Å²) in [5.41, 5.74) is -0.522. The van der Waals surface area contributed by atoms with Gasteiger partial charge < -0.3 is 20.1 Å². The summed E-state index contributed by atoms with van der Waals surface area (Å²) in [6, 6.07) is 7.03. The predicted octanol–water partition coefficient (Wildman–Crippen LogP) is 3.14. The van der Waals surface area contributed by atoms with Crippen molar-refractivity contribution in [2.24, 2.45) is 0 Å². The van der Waals surface area contributed by atoms with Gasteiger partial charge in [0.2, 0.25) is 5.91 Å². The molecule has 7 heteroatoms. The van der Waals surface area contributed by atoms with Crippen molar-refractivity contribution < 1.29 is 19.1 Å². The molecule has 0 radical (unpaired) electrons. The van der Waals surface area contributed by atoms with Gasteiger partial charge in [0.25, 0.3) is 0 Å². The minimum atomic E-state index is -0.522. The van der Waals surface area contributed by atoms with Crippen LogP contribution >= 0.6 is 11.6 Å². The van der Waals surface area contributed by atoms with Crippen LogP contribution in [0.3, 0.4) is 0 Å². The highest BCUT2D eigenvalue weighted by Gasteiger charge is 2.15. The maximum atomic E-state index is 11.6. The molecule has 0 aromatic heterocycles. The molecule has 0 atom stereocenters. The standard InChI is InChI=1S/C17H25ClN2O4/c1-17(2,3)24-16(22)20-10-4-5-15(21)19-11-12-23-14-8-6-13(18)7-9-14/h6-9H,4-5,10-12H2,1-3H3,(H,19,21)(H,20,22). The van der Waals surface area contributed by atoms with Crippen molar-refractivity contribution in [1.29, 1.82) is 0 Å². The molecule has 0 fully saturated rings. The van der Waals surface area contributed by atoms with Crippen LogP contribution in [0.25, 0.3) is 0 Å². The SMILES string of the molecule is CC(C)(C)OC(=O)NCCCC(=O)NCCOc1ccc(Cl)cc1. The third-order valence-electron chi connectivity index (χ3n) is 2.76. The number of ether oxygens (including phenoxy) is 2. The van der Waals surface area contributed by atoms with E-state index in [4.69, 9.17) is 21.1 Å². The number of carbonyl (C=O) groups excluding carboxylic acids is 2. The third kappa shape index (κ3) is 9.94. The Morgan fingerprint density at radius 3 is 2.38 bits per heavy atom. The Labute approximate surface area is 147 Å². The molecule has 0 aliphatic carbocycles. The van der Waals surface area contributed by atoms with Crippen LogP contribution in [0.5, 0.6) is 5.75 Å². The Balaban J connectivity index is 2.04. The summed E-state index contributed by atoms with van der Waals surface area (Å²) in [4.78, 5) is 23.1. The first kappa shape index (κ1) is 20.1. The van der Waals surface area contributed by atoms with Crippen LogP contribution in [-0.2, 0) is 9.53 Å². The van der Waals surface area contributed by atoms with Crippen molar-refractivity contribution in [2.45, 2.75) is 39.2 Å². The Kier molecular flexibility index (Phi) is 8.40. The fraction of sp³-hybridized carbons (Fsp3) is 0.529. The number of alkyl carbamates (subject to hydrolysis) is 1. The fourth-order valence-electron chi connectivity index (χ4n) is 1.73. The molecule has 0 bridgehead atoms. The summed E-state index contributed by atoms with van der Waals surface area (Å²) in [6.45, 7) is 6.58. The zero-order valence-corrected chi connectivity index (χ0v) is 15.1. The van der Waals surface area contributed by atoms with E-state index >= 15 is 0 Å². The molecule has 1 aromatic carbocycles. The van der Waals surface area contributed by atoms with Gasteiger partial charge in [-0.15, -0.1) is 0 Å². The number of benzene rings is 1. The van der Waals surface area contributed by atoms with Crippen molar-refractivity contribution in [3.63, 3.8) is 0 Å². The summed E-state index contributed by atoms with van der Waals surface area (Å²) in [5, 5.41) is 6.02. The van der Waals surface area contributed by atoms with E-state index in [1.165, 1.54) is 0 Å². The van der Waals surface area contributed by atoms with Gasteiger partial charge in [0.05, 0.1) is 6.54 Å². The van der Waals surface area contributed by atoms with Gasteiger partial charge >= 0.3 is 6.09 Å². The molecule has 0 aliphatic rings. The van der Waals surface area contributed by atoms with Crippen LogP contribution in [0.15, 0.2) is 24.3 Å². The molecule has 0 spiro atoms. The van der Waals surface area contributed by atoms with Crippen LogP contribution in [-0.4, -0.2) is 37.3 Å². The average Bonchev–Trinajstić information content (AvgIpc) is 2.48. The van der Waals surface area contributed by atoms with Crippen LogP contribution in [0.1, 0.15) is 33.6 Å². The van der Waals surface area contributed by atoms with Gasteiger partial charge in [0, 0.05) is 18.0 Å². The van der Waals surface area contributed by atoms with E-state index in [1.54, 1.807) is 45.0 Å². The van der Waals surface area contributed by atoms with E-state index in [9.17, 15) is 9.59 Å². The van der Waals surface area contributed by atoms with E-state index in [-0.39, 0.29) is 5.91 Å². The highest BCUT2D eigenvalue weighted by Crippen LogP contribution is 2.15. The number of nitrogens with one attached hydrogen (secondary N) is 2. The molecule has 0 saturated carbocycles. The number of amides is 2. The van der Waals surface area contributed by atoms with E-state index in [1.807, 2.05) is 0 Å². The number of hydrogen-bond acceptors (Lipinski definition) is 4. The first-order chi connectivity index (χ1) is 11.3. The van der Waals surface area contributed by atoms with Crippen molar-refractivity contribution in [2.75, 3.05) is 19.7 Å². The summed E-state index contributed by atoms with van der Waals surface area (Å²) in [6.07, 6.45) is 0.402. The Morgan fingerprint density at radius 2 is 1.75 bits per heavy atom. The maximum Gasteiger partial charge on any atom is 0.407 e. The highest BCUT2D eigenvalue weighted by atomic mass is 35.5. The number of rotatable bonds is 8. The molecule has 2 amide bonds. The quantitative estimate of drug-likeness (QED) is 0.701. The number of hydrogen-bond donors (Lipinski definition) is 2. The summed E-state index contributed by atoms with van der Waals surface area (Å²) in [7, 11) is 0. The predicted molar refractivity (Wildman–Crippen MR) is 93.4 cm³/mol. The van der Waals surface area contributed by atoms with Crippen LogP contribution in [0.4, 0.5) is 4.79 Å². The van der Waals surface area contributed by atoms with Gasteiger partial charge in [-0.2, -0.15) is 0 Å². The molecule has 0 unspecified atom stereocenters. The second kappa shape index (κ2) is 10.0. The van der Waals surface area contributed by atoms with Gasteiger partial charge in [-0.3, -0.25) is 4.79 Å². The van der Waals surface area contributed by atoms with Gasteiger partial charge in [0.1, 0.15) is 18.0 Å². The fourth-order valence-corrected chi connectivity index (χ4v) is 1.86. The first-order valence-electron chi connectivity index (χ1n) is 7.88. The lowest BCUT2D eigenvalue weighted by molar-refractivity contribution is -0.121. The Morgan fingerprint density at radius 1 is 1.08 bits per heavy atom. The molecule has 6 nitrogen and oxygen atoms in total. The minimum Gasteiger partial charge on any atom is -0.492 e. The summed E-state index contributed by atoms with van der Waals surface area (Å²) >= 11 is 5.78. The second-order valence-electron chi connectivity index (χ2n) is 6.18. The highest BCUT2D eigenvalue weighted by molar-refractivity contribution is 6.30. The molecular formula is C17H25ClN2O4. The molecule has 2 N–H and O–H groups in total. The smallest absolute Gasteiger partial charge is 0.407 e. The first-order valence-corrected chi connectivity index (χ1v) is 8.26. The third-order valence-corrected chi connectivity index (χ3v) is 3.01. The number of halogens is 1. The van der Waals surface area contributed by atoms with Crippen molar-refractivity contribution in [3.05, 3.63) is 29.3 Å².